The van der Waals surface area contributed by atoms with Crippen molar-refractivity contribution in [1.82, 2.24) is 15.2 Å². The van der Waals surface area contributed by atoms with E-state index < -0.39 is 5.78 Å². The molecule has 0 aliphatic rings. The van der Waals surface area contributed by atoms with E-state index in [4.69, 9.17) is 9.15 Å². The Kier molecular flexibility index (Phi) is 4.66. The molecule has 2 aromatic heterocycles. The molecule has 2 N–H and O–H groups in total. The van der Waals surface area contributed by atoms with Crippen LogP contribution in [0.1, 0.15) is 16.4 Å². The Labute approximate surface area is 141 Å². The van der Waals surface area contributed by atoms with Crippen LogP contribution in [0.2, 0.25) is 0 Å². The molecule has 0 unspecified atom stereocenters. The lowest BCUT2D eigenvalue weighted by Crippen LogP contribution is -1.95. The smallest absolute Gasteiger partial charge is 0.224 e. The van der Waals surface area contributed by atoms with Gasteiger partial charge < -0.3 is 14.3 Å². The molecule has 8 heteroatoms. The van der Waals surface area contributed by atoms with Crippen LogP contribution in [0.25, 0.3) is 5.76 Å². The number of aromatic amines is 1. The van der Waals surface area contributed by atoms with Crippen LogP contribution in [0, 0.1) is 0 Å². The average Bonchev–Trinajstić information content (AvgIpc) is 3.27. The lowest BCUT2D eigenvalue weighted by Gasteiger charge is -2.05. The summed E-state index contributed by atoms with van der Waals surface area (Å²) in [6, 6.07) is 10.7. The van der Waals surface area contributed by atoms with Gasteiger partial charge in [0.15, 0.2) is 16.6 Å². The largest absolute Gasteiger partial charge is 0.504 e. The molecular weight excluding hydrogens is 330 g/mol. The number of aliphatic hydroxyl groups is 1. The SMILES string of the molecule is COc1ccccc1Sc1ccc(C(=O)C=C(O)c2nc[nH]n2)o1. The van der Waals surface area contributed by atoms with Crippen molar-refractivity contribution in [2.24, 2.45) is 0 Å². The number of carbonyl (C=O) groups excluding carboxylic acids is 1. The third-order valence-corrected chi connectivity index (χ3v) is 3.99. The molecule has 2 heterocycles. The van der Waals surface area contributed by atoms with E-state index in [0.717, 1.165) is 11.0 Å². The van der Waals surface area contributed by atoms with Crippen LogP contribution in [0.5, 0.6) is 5.75 Å². The van der Waals surface area contributed by atoms with Gasteiger partial charge in [-0.3, -0.25) is 9.89 Å². The van der Waals surface area contributed by atoms with Crippen LogP contribution in [0.3, 0.4) is 0 Å². The quantitative estimate of drug-likeness (QED) is 0.402. The van der Waals surface area contributed by atoms with Crippen LogP contribution in [0.4, 0.5) is 0 Å². The van der Waals surface area contributed by atoms with E-state index in [0.29, 0.717) is 10.8 Å². The lowest BCUT2D eigenvalue weighted by atomic mass is 10.2. The summed E-state index contributed by atoms with van der Waals surface area (Å²) in [5, 5.41) is 16.5. The molecule has 3 aromatic rings. The van der Waals surface area contributed by atoms with Gasteiger partial charge in [-0.1, -0.05) is 12.1 Å². The fourth-order valence-corrected chi connectivity index (χ4v) is 2.79. The highest BCUT2D eigenvalue weighted by atomic mass is 32.2. The first-order valence-corrected chi connectivity index (χ1v) is 7.71. The number of furan rings is 1. The highest BCUT2D eigenvalue weighted by Gasteiger charge is 2.14. The van der Waals surface area contributed by atoms with Gasteiger partial charge in [0, 0.05) is 6.08 Å². The number of ether oxygens (including phenoxy) is 1. The zero-order valence-electron chi connectivity index (χ0n) is 12.6. The Bertz CT molecular complexity index is 871. The van der Waals surface area contributed by atoms with E-state index in [9.17, 15) is 9.90 Å². The van der Waals surface area contributed by atoms with Crippen LogP contribution < -0.4 is 4.74 Å². The average molecular weight is 343 g/mol. The van der Waals surface area contributed by atoms with Crippen LogP contribution in [-0.4, -0.2) is 33.2 Å². The summed E-state index contributed by atoms with van der Waals surface area (Å²) < 4.78 is 10.8. The lowest BCUT2D eigenvalue weighted by molar-refractivity contribution is 0.101. The zero-order chi connectivity index (χ0) is 16.9. The zero-order valence-corrected chi connectivity index (χ0v) is 13.4. The summed E-state index contributed by atoms with van der Waals surface area (Å²) in [6.45, 7) is 0. The van der Waals surface area contributed by atoms with Gasteiger partial charge in [0.2, 0.25) is 11.6 Å². The van der Waals surface area contributed by atoms with E-state index in [1.54, 1.807) is 19.2 Å². The Hall–Kier alpha value is -3.00. The molecule has 0 radical (unpaired) electrons. The number of ketones is 1. The normalized spacial score (nSPS) is 11.5. The topological polar surface area (TPSA) is 101 Å². The maximum Gasteiger partial charge on any atom is 0.224 e. The number of carbonyl (C=O) groups is 1. The van der Waals surface area contributed by atoms with E-state index >= 15 is 0 Å². The second kappa shape index (κ2) is 7.05. The van der Waals surface area contributed by atoms with E-state index in [1.165, 1.54) is 18.1 Å². The predicted octanol–water partition coefficient (Wildman–Crippen LogP) is 3.34. The van der Waals surface area contributed by atoms with Crippen molar-refractivity contribution in [1.29, 1.82) is 0 Å². The van der Waals surface area contributed by atoms with Crippen molar-refractivity contribution in [3.8, 4) is 5.75 Å². The molecule has 0 saturated heterocycles. The fourth-order valence-electron chi connectivity index (χ4n) is 1.91. The van der Waals surface area contributed by atoms with Crippen molar-refractivity contribution in [2.75, 3.05) is 7.11 Å². The minimum absolute atomic E-state index is 0.0403. The number of benzene rings is 1. The first kappa shape index (κ1) is 15.9. The highest BCUT2D eigenvalue weighted by molar-refractivity contribution is 7.99. The van der Waals surface area contributed by atoms with Crippen molar-refractivity contribution in [3.05, 3.63) is 60.4 Å². The number of rotatable bonds is 6. The number of hydrogen-bond donors (Lipinski definition) is 2. The van der Waals surface area contributed by atoms with E-state index in [2.05, 4.69) is 15.2 Å². The standard InChI is InChI=1S/C16H13N3O4S/c1-22-13-4-2-3-5-14(13)24-15-7-6-12(23-15)10(20)8-11(21)16-17-9-18-19-16/h2-9,21H,1H3,(H,17,18,19). The third kappa shape index (κ3) is 3.49. The van der Waals surface area contributed by atoms with Gasteiger partial charge in [0.1, 0.15) is 12.1 Å². The summed E-state index contributed by atoms with van der Waals surface area (Å²) in [5.41, 5.74) is 0. The molecule has 0 aliphatic carbocycles. The molecule has 0 fully saturated rings. The second-order valence-corrected chi connectivity index (χ2v) is 5.63. The molecule has 0 bridgehead atoms. The molecule has 0 aliphatic heterocycles. The first-order valence-electron chi connectivity index (χ1n) is 6.89. The van der Waals surface area contributed by atoms with Gasteiger partial charge in [-0.2, -0.15) is 5.10 Å². The Morgan fingerprint density at radius 2 is 2.17 bits per heavy atom. The number of aromatic nitrogens is 3. The maximum atomic E-state index is 12.1. The molecule has 0 atom stereocenters. The molecule has 0 saturated carbocycles. The van der Waals surface area contributed by atoms with Crippen LogP contribution in [0.15, 0.2) is 63.2 Å². The molecule has 24 heavy (non-hydrogen) atoms. The number of hydrogen-bond acceptors (Lipinski definition) is 7. The molecule has 1 aromatic carbocycles. The predicted molar refractivity (Wildman–Crippen MR) is 87.1 cm³/mol. The van der Waals surface area contributed by atoms with Gasteiger partial charge in [0.25, 0.3) is 0 Å². The molecule has 7 nitrogen and oxygen atoms in total. The molecular formula is C16H13N3O4S. The number of methoxy groups -OCH3 is 1. The van der Waals surface area contributed by atoms with E-state index in [-0.39, 0.29) is 17.3 Å². The van der Waals surface area contributed by atoms with Crippen molar-refractivity contribution in [3.63, 3.8) is 0 Å². The van der Waals surface area contributed by atoms with Crippen molar-refractivity contribution in [2.45, 2.75) is 9.99 Å². The summed E-state index contributed by atoms with van der Waals surface area (Å²) in [7, 11) is 1.59. The minimum Gasteiger partial charge on any atom is -0.504 e. The summed E-state index contributed by atoms with van der Waals surface area (Å²) >= 11 is 1.34. The van der Waals surface area contributed by atoms with Crippen molar-refractivity contribution < 1.29 is 19.1 Å². The van der Waals surface area contributed by atoms with Gasteiger partial charge in [-0.15, -0.1) is 0 Å². The minimum atomic E-state index is -0.482. The van der Waals surface area contributed by atoms with Crippen LogP contribution in [-0.2, 0) is 0 Å². The Balaban J connectivity index is 1.76. The van der Waals surface area contributed by atoms with Crippen molar-refractivity contribution >= 4 is 23.3 Å². The third-order valence-electron chi connectivity index (χ3n) is 3.02. The monoisotopic (exact) mass is 343 g/mol. The molecule has 0 amide bonds. The number of nitrogens with one attached hydrogen (secondary N) is 1. The number of aliphatic hydroxyl groups excluding tert-OH is 1. The van der Waals surface area contributed by atoms with E-state index in [1.807, 2.05) is 24.3 Å². The second-order valence-electron chi connectivity index (χ2n) is 4.59. The van der Waals surface area contributed by atoms with Crippen LogP contribution >= 0.6 is 11.8 Å². The Morgan fingerprint density at radius 3 is 2.92 bits per heavy atom. The number of allylic oxidation sites excluding steroid dienone is 1. The van der Waals surface area contributed by atoms with Gasteiger partial charge in [-0.25, -0.2) is 4.98 Å². The highest BCUT2D eigenvalue weighted by Crippen LogP contribution is 2.35. The Morgan fingerprint density at radius 1 is 1.33 bits per heavy atom. The molecule has 122 valence electrons. The summed E-state index contributed by atoms with van der Waals surface area (Å²) in [4.78, 5) is 16.7. The van der Waals surface area contributed by atoms with Gasteiger partial charge >= 0.3 is 0 Å². The summed E-state index contributed by atoms with van der Waals surface area (Å²) in [5.74, 6) is 0.0442. The number of nitrogens with zero attached hydrogens (tertiary/aromatic N) is 2. The maximum absolute atomic E-state index is 12.1. The molecule has 3 rings (SSSR count). The molecule has 0 spiro atoms. The number of para-hydroxylation sites is 1. The summed E-state index contributed by atoms with van der Waals surface area (Å²) in [6.07, 6.45) is 2.32. The fraction of sp³-hybridized carbons (Fsp3) is 0.0625. The van der Waals surface area contributed by atoms with Gasteiger partial charge in [0.05, 0.1) is 12.0 Å². The number of H-pyrrole nitrogens is 1. The first-order chi connectivity index (χ1) is 11.7. The van der Waals surface area contributed by atoms with Gasteiger partial charge in [-0.05, 0) is 36.0 Å².